The highest BCUT2D eigenvalue weighted by Gasteiger charge is 2.10. The van der Waals surface area contributed by atoms with Crippen molar-refractivity contribution in [1.82, 2.24) is 20.2 Å². The van der Waals surface area contributed by atoms with Crippen LogP contribution >= 0.6 is 0 Å². The molecule has 0 saturated carbocycles. The lowest BCUT2D eigenvalue weighted by molar-refractivity contribution is 0.0947. The zero-order chi connectivity index (χ0) is 19.1. The molecule has 0 aliphatic rings. The average Bonchev–Trinajstić information content (AvgIpc) is 2.58. The Morgan fingerprint density at radius 3 is 2.38 bits per heavy atom. The number of amides is 1. The average molecular weight is 356 g/mol. The number of nitrogens with zero attached hydrogens (tertiary/aromatic N) is 4. The molecule has 0 spiro atoms. The van der Waals surface area contributed by atoms with E-state index in [0.29, 0.717) is 23.9 Å². The van der Waals surface area contributed by atoms with Crippen LogP contribution in [0.1, 0.15) is 22.7 Å². The summed E-state index contributed by atoms with van der Waals surface area (Å²) in [5.41, 5.74) is 2.40. The zero-order valence-electron chi connectivity index (χ0n) is 16.2. The third-order valence-electron chi connectivity index (χ3n) is 3.79. The predicted molar refractivity (Wildman–Crippen MR) is 106 cm³/mol. The van der Waals surface area contributed by atoms with Gasteiger partial charge in [0.25, 0.3) is 5.91 Å². The molecule has 7 heteroatoms. The fraction of sp³-hybridized carbons (Fsp3) is 0.421. The minimum Gasteiger partial charge on any atom is -0.378 e. The largest absolute Gasteiger partial charge is 0.378 e. The van der Waals surface area contributed by atoms with Gasteiger partial charge in [-0.2, -0.15) is 0 Å². The van der Waals surface area contributed by atoms with Crippen LogP contribution in [0.2, 0.25) is 0 Å². The van der Waals surface area contributed by atoms with E-state index in [9.17, 15) is 4.79 Å². The minimum atomic E-state index is -0.180. The van der Waals surface area contributed by atoms with Crippen molar-refractivity contribution in [2.24, 2.45) is 0 Å². The number of anilines is 3. The smallest absolute Gasteiger partial charge is 0.270 e. The maximum Gasteiger partial charge on any atom is 0.270 e. The van der Waals surface area contributed by atoms with Crippen LogP contribution < -0.4 is 15.5 Å². The second-order valence-electron chi connectivity index (χ2n) is 6.66. The summed E-state index contributed by atoms with van der Waals surface area (Å²) >= 11 is 0. The summed E-state index contributed by atoms with van der Waals surface area (Å²) in [5, 5.41) is 6.14. The van der Waals surface area contributed by atoms with Gasteiger partial charge in [0.2, 0.25) is 0 Å². The molecule has 7 nitrogen and oxygen atoms in total. The SMILES string of the molecule is Cc1nc(Nc2ccc(N(C)C)cc2)cc(C(=O)NCCCN(C)C)n1. The molecule has 1 aromatic heterocycles. The van der Waals surface area contributed by atoms with Crippen LogP contribution in [0.15, 0.2) is 30.3 Å². The number of hydrogen-bond donors (Lipinski definition) is 2. The van der Waals surface area contributed by atoms with Gasteiger partial charge in [-0.3, -0.25) is 4.79 Å². The number of aromatic nitrogens is 2. The maximum atomic E-state index is 12.3. The van der Waals surface area contributed by atoms with E-state index in [4.69, 9.17) is 0 Å². The summed E-state index contributed by atoms with van der Waals surface area (Å²) < 4.78 is 0. The van der Waals surface area contributed by atoms with Crippen molar-refractivity contribution in [3.63, 3.8) is 0 Å². The Morgan fingerprint density at radius 2 is 1.77 bits per heavy atom. The number of carbonyl (C=O) groups excluding carboxylic acids is 1. The first kappa shape index (κ1) is 19.7. The summed E-state index contributed by atoms with van der Waals surface area (Å²) in [6.45, 7) is 3.33. The first-order chi connectivity index (χ1) is 12.3. The topological polar surface area (TPSA) is 73.4 Å². The quantitative estimate of drug-likeness (QED) is 0.707. The molecule has 2 N–H and O–H groups in total. The summed E-state index contributed by atoms with van der Waals surface area (Å²) in [6, 6.07) is 9.68. The normalized spacial score (nSPS) is 10.7. The minimum absolute atomic E-state index is 0.180. The van der Waals surface area contributed by atoms with Gasteiger partial charge in [-0.1, -0.05) is 0 Å². The maximum absolute atomic E-state index is 12.3. The number of rotatable bonds is 8. The van der Waals surface area contributed by atoms with Gasteiger partial charge in [0.15, 0.2) is 0 Å². The molecule has 2 rings (SSSR count). The zero-order valence-corrected chi connectivity index (χ0v) is 16.2. The highest BCUT2D eigenvalue weighted by atomic mass is 16.1. The third kappa shape index (κ3) is 6.00. The molecule has 1 amide bonds. The van der Waals surface area contributed by atoms with Gasteiger partial charge in [0.05, 0.1) is 0 Å². The van der Waals surface area contributed by atoms with Crippen LogP contribution in [0.25, 0.3) is 0 Å². The van der Waals surface area contributed by atoms with Gasteiger partial charge in [-0.15, -0.1) is 0 Å². The van der Waals surface area contributed by atoms with Crippen molar-refractivity contribution in [1.29, 1.82) is 0 Å². The standard InChI is InChI=1S/C19H28N6O/c1-14-21-17(19(26)20-11-6-12-24(2)3)13-18(22-14)23-15-7-9-16(10-8-15)25(4)5/h7-10,13H,6,11-12H2,1-5H3,(H,20,26)(H,21,22,23). The summed E-state index contributed by atoms with van der Waals surface area (Å²) in [6.07, 6.45) is 0.895. The van der Waals surface area contributed by atoms with E-state index in [1.165, 1.54) is 0 Å². The monoisotopic (exact) mass is 356 g/mol. The lowest BCUT2D eigenvalue weighted by atomic mass is 10.2. The lowest BCUT2D eigenvalue weighted by Crippen LogP contribution is -2.28. The molecular weight excluding hydrogens is 328 g/mol. The highest BCUT2D eigenvalue weighted by Crippen LogP contribution is 2.19. The van der Waals surface area contributed by atoms with E-state index in [0.717, 1.165) is 24.3 Å². The van der Waals surface area contributed by atoms with Crippen molar-refractivity contribution < 1.29 is 4.79 Å². The number of benzene rings is 1. The molecule has 26 heavy (non-hydrogen) atoms. The molecule has 0 saturated heterocycles. The van der Waals surface area contributed by atoms with Gasteiger partial charge in [0.1, 0.15) is 17.3 Å². The van der Waals surface area contributed by atoms with Crippen LogP contribution in [-0.2, 0) is 0 Å². The second kappa shape index (κ2) is 9.15. The van der Waals surface area contributed by atoms with E-state index in [1.807, 2.05) is 57.4 Å². The van der Waals surface area contributed by atoms with Crippen LogP contribution in [-0.4, -0.2) is 62.1 Å². The van der Waals surface area contributed by atoms with E-state index in [1.54, 1.807) is 13.0 Å². The first-order valence-corrected chi connectivity index (χ1v) is 8.68. The summed E-state index contributed by atoms with van der Waals surface area (Å²) in [4.78, 5) is 25.1. The molecule has 140 valence electrons. The fourth-order valence-electron chi connectivity index (χ4n) is 2.43. The van der Waals surface area contributed by atoms with Crippen LogP contribution in [0, 0.1) is 6.92 Å². The Morgan fingerprint density at radius 1 is 1.08 bits per heavy atom. The van der Waals surface area contributed by atoms with Gasteiger partial charge >= 0.3 is 0 Å². The molecule has 0 bridgehead atoms. The van der Waals surface area contributed by atoms with Crippen molar-refractivity contribution in [3.05, 3.63) is 41.9 Å². The van der Waals surface area contributed by atoms with Crippen molar-refractivity contribution in [2.45, 2.75) is 13.3 Å². The number of carbonyl (C=O) groups is 1. The van der Waals surface area contributed by atoms with Gasteiger partial charge in [-0.25, -0.2) is 9.97 Å². The molecule has 1 aromatic carbocycles. The molecule has 0 atom stereocenters. The van der Waals surface area contributed by atoms with E-state index in [2.05, 4.69) is 25.5 Å². The Balaban J connectivity index is 2.03. The van der Waals surface area contributed by atoms with E-state index < -0.39 is 0 Å². The Hall–Kier alpha value is -2.67. The van der Waals surface area contributed by atoms with Gasteiger partial charge in [0, 0.05) is 38.1 Å². The Kier molecular flexibility index (Phi) is 6.91. The van der Waals surface area contributed by atoms with Gasteiger partial charge < -0.3 is 20.4 Å². The summed E-state index contributed by atoms with van der Waals surface area (Å²) in [7, 11) is 8.02. The van der Waals surface area contributed by atoms with Crippen LogP contribution in [0.3, 0.4) is 0 Å². The molecule has 1 heterocycles. The molecule has 0 unspecified atom stereocenters. The van der Waals surface area contributed by atoms with Crippen molar-refractivity contribution in [2.75, 3.05) is 51.5 Å². The summed E-state index contributed by atoms with van der Waals surface area (Å²) in [5.74, 6) is 0.979. The number of nitrogens with one attached hydrogen (secondary N) is 2. The second-order valence-corrected chi connectivity index (χ2v) is 6.66. The highest BCUT2D eigenvalue weighted by molar-refractivity contribution is 5.93. The first-order valence-electron chi connectivity index (χ1n) is 8.68. The third-order valence-corrected chi connectivity index (χ3v) is 3.79. The van der Waals surface area contributed by atoms with Crippen molar-refractivity contribution >= 4 is 23.1 Å². The van der Waals surface area contributed by atoms with E-state index in [-0.39, 0.29) is 5.91 Å². The van der Waals surface area contributed by atoms with Crippen LogP contribution in [0.5, 0.6) is 0 Å². The predicted octanol–water partition coefficient (Wildman–Crippen LogP) is 2.28. The van der Waals surface area contributed by atoms with Crippen molar-refractivity contribution in [3.8, 4) is 0 Å². The Labute approximate surface area is 155 Å². The number of aryl methyl sites for hydroxylation is 1. The molecule has 0 fully saturated rings. The Bertz CT molecular complexity index is 727. The fourth-order valence-corrected chi connectivity index (χ4v) is 2.43. The van der Waals surface area contributed by atoms with Crippen LogP contribution in [0.4, 0.5) is 17.2 Å². The molecule has 0 radical (unpaired) electrons. The number of hydrogen-bond acceptors (Lipinski definition) is 6. The van der Waals surface area contributed by atoms with Gasteiger partial charge in [-0.05, 0) is 58.3 Å². The molecule has 0 aliphatic carbocycles. The molecular formula is C19H28N6O. The molecule has 2 aromatic rings. The lowest BCUT2D eigenvalue weighted by Gasteiger charge is -2.13. The molecule has 0 aliphatic heterocycles. The van der Waals surface area contributed by atoms with E-state index >= 15 is 0 Å².